The van der Waals surface area contributed by atoms with Crippen LogP contribution in [0.15, 0.2) is 12.6 Å². The topological polar surface area (TPSA) is 0 Å². The van der Waals surface area contributed by atoms with Crippen LogP contribution in [0, 0.1) is 17.5 Å². The van der Waals surface area contributed by atoms with Crippen LogP contribution in [0.5, 0.6) is 0 Å². The second-order valence-corrected chi connectivity index (χ2v) is 2.39. The highest BCUT2D eigenvalue weighted by Crippen LogP contribution is 2.21. The first-order valence-corrected chi connectivity index (χ1v) is 3.46. The van der Waals surface area contributed by atoms with Crippen molar-refractivity contribution in [3.8, 4) is 0 Å². The Kier molecular flexibility index (Phi) is 2.70. The molecular formula is C9H6F4. The van der Waals surface area contributed by atoms with E-state index in [1.807, 2.05) is 0 Å². The highest BCUT2D eigenvalue weighted by molar-refractivity contribution is 5.52. The molecule has 1 rings (SSSR count). The summed E-state index contributed by atoms with van der Waals surface area (Å²) in [7, 11) is 0. The standard InChI is InChI=1S/C9H6F4/c1-2-5-3-7(11)9(13)8(12)6(5)4-10/h2-3H,1,4H2. The molecular weight excluding hydrogens is 184 g/mol. The quantitative estimate of drug-likeness (QED) is 0.496. The Balaban J connectivity index is 3.47. The highest BCUT2D eigenvalue weighted by atomic mass is 19.2. The summed E-state index contributed by atoms with van der Waals surface area (Å²) in [6.45, 7) is 2.04. The first kappa shape index (κ1) is 9.77. The average molecular weight is 190 g/mol. The number of hydrogen-bond donors (Lipinski definition) is 0. The van der Waals surface area contributed by atoms with E-state index in [1.54, 1.807) is 0 Å². The van der Waals surface area contributed by atoms with Gasteiger partial charge < -0.3 is 0 Å². The molecule has 0 aromatic heterocycles. The van der Waals surface area contributed by atoms with E-state index in [1.165, 1.54) is 0 Å². The Hall–Kier alpha value is -1.32. The zero-order valence-corrected chi connectivity index (χ0v) is 6.58. The molecule has 0 spiro atoms. The molecule has 0 unspecified atom stereocenters. The Bertz CT molecular complexity index is 344. The molecule has 0 aliphatic carbocycles. The number of rotatable bonds is 2. The minimum absolute atomic E-state index is 0.0705. The normalized spacial score (nSPS) is 10.2. The zero-order chi connectivity index (χ0) is 10.0. The average Bonchev–Trinajstić information content (AvgIpc) is 2.13. The molecule has 1 aromatic rings. The van der Waals surface area contributed by atoms with Gasteiger partial charge in [-0.3, -0.25) is 0 Å². The molecule has 0 fully saturated rings. The van der Waals surface area contributed by atoms with Gasteiger partial charge in [0.05, 0.1) is 0 Å². The van der Waals surface area contributed by atoms with Crippen LogP contribution in [0.25, 0.3) is 6.08 Å². The summed E-state index contributed by atoms with van der Waals surface area (Å²) in [5, 5.41) is 0. The summed E-state index contributed by atoms with van der Waals surface area (Å²) >= 11 is 0. The van der Waals surface area contributed by atoms with Crippen LogP contribution in [-0.2, 0) is 6.67 Å². The van der Waals surface area contributed by atoms with Crippen molar-refractivity contribution in [3.05, 3.63) is 41.2 Å². The van der Waals surface area contributed by atoms with Crippen LogP contribution >= 0.6 is 0 Å². The lowest BCUT2D eigenvalue weighted by molar-refractivity contribution is 0.414. The third-order valence-corrected chi connectivity index (χ3v) is 1.65. The fraction of sp³-hybridized carbons (Fsp3) is 0.111. The van der Waals surface area contributed by atoms with E-state index >= 15 is 0 Å². The highest BCUT2D eigenvalue weighted by Gasteiger charge is 2.16. The zero-order valence-electron chi connectivity index (χ0n) is 6.58. The molecule has 0 nitrogen and oxygen atoms in total. The predicted molar refractivity (Wildman–Crippen MR) is 41.2 cm³/mol. The van der Waals surface area contributed by atoms with Crippen LogP contribution < -0.4 is 0 Å². The minimum atomic E-state index is -1.65. The molecule has 0 bridgehead atoms. The molecule has 0 radical (unpaired) electrons. The second kappa shape index (κ2) is 3.60. The maximum absolute atomic E-state index is 12.8. The van der Waals surface area contributed by atoms with Crippen molar-refractivity contribution >= 4 is 6.08 Å². The summed E-state index contributed by atoms with van der Waals surface area (Å²) in [4.78, 5) is 0. The molecule has 0 saturated carbocycles. The largest absolute Gasteiger partial charge is 0.246 e. The van der Waals surface area contributed by atoms with Crippen molar-refractivity contribution in [2.24, 2.45) is 0 Å². The summed E-state index contributed by atoms with van der Waals surface area (Å²) in [6, 6.07) is 0.709. The van der Waals surface area contributed by atoms with Crippen LogP contribution in [-0.4, -0.2) is 0 Å². The van der Waals surface area contributed by atoms with Crippen molar-refractivity contribution in [1.29, 1.82) is 0 Å². The van der Waals surface area contributed by atoms with Gasteiger partial charge in [-0.05, 0) is 11.6 Å². The maximum atomic E-state index is 12.8. The fourth-order valence-electron chi connectivity index (χ4n) is 0.969. The lowest BCUT2D eigenvalue weighted by Gasteiger charge is -2.04. The van der Waals surface area contributed by atoms with Gasteiger partial charge >= 0.3 is 0 Å². The summed E-state index contributed by atoms with van der Waals surface area (Å²) in [6.07, 6.45) is 1.07. The van der Waals surface area contributed by atoms with E-state index in [0.717, 1.165) is 6.08 Å². The number of hydrogen-bond acceptors (Lipinski definition) is 0. The van der Waals surface area contributed by atoms with Gasteiger partial charge in [-0.2, -0.15) is 0 Å². The first-order valence-electron chi connectivity index (χ1n) is 3.46. The first-order chi connectivity index (χ1) is 6.11. The summed E-state index contributed by atoms with van der Waals surface area (Å²) in [5.41, 5.74) is -0.576. The number of halogens is 4. The van der Waals surface area contributed by atoms with Gasteiger partial charge in [-0.15, -0.1) is 0 Å². The molecule has 0 saturated heterocycles. The fourth-order valence-corrected chi connectivity index (χ4v) is 0.969. The maximum Gasteiger partial charge on any atom is 0.194 e. The minimum Gasteiger partial charge on any atom is -0.246 e. The third kappa shape index (κ3) is 1.56. The monoisotopic (exact) mass is 190 g/mol. The molecule has 0 N–H and O–H groups in total. The molecule has 70 valence electrons. The van der Waals surface area contributed by atoms with Crippen molar-refractivity contribution in [2.45, 2.75) is 6.67 Å². The number of alkyl halides is 1. The smallest absolute Gasteiger partial charge is 0.194 e. The number of benzene rings is 1. The van der Waals surface area contributed by atoms with E-state index in [-0.39, 0.29) is 5.56 Å². The van der Waals surface area contributed by atoms with Crippen LogP contribution in [0.1, 0.15) is 11.1 Å². The van der Waals surface area contributed by atoms with Crippen molar-refractivity contribution in [2.75, 3.05) is 0 Å². The van der Waals surface area contributed by atoms with Gasteiger partial charge in [0.2, 0.25) is 0 Å². The van der Waals surface area contributed by atoms with E-state index in [4.69, 9.17) is 0 Å². The molecule has 13 heavy (non-hydrogen) atoms. The van der Waals surface area contributed by atoms with Gasteiger partial charge in [0.1, 0.15) is 6.67 Å². The van der Waals surface area contributed by atoms with Crippen molar-refractivity contribution < 1.29 is 17.6 Å². The Morgan fingerprint density at radius 2 is 1.85 bits per heavy atom. The van der Waals surface area contributed by atoms with Crippen LogP contribution in [0.4, 0.5) is 17.6 Å². The predicted octanol–water partition coefficient (Wildman–Crippen LogP) is 3.22. The summed E-state index contributed by atoms with van der Waals surface area (Å²) < 4.78 is 50.1. The molecule has 0 amide bonds. The van der Waals surface area contributed by atoms with Gasteiger partial charge in [0.15, 0.2) is 17.5 Å². The van der Waals surface area contributed by atoms with Gasteiger partial charge in [0, 0.05) is 5.56 Å². The van der Waals surface area contributed by atoms with Gasteiger partial charge in [0.25, 0.3) is 0 Å². The van der Waals surface area contributed by atoms with Crippen molar-refractivity contribution in [1.82, 2.24) is 0 Å². The van der Waals surface area contributed by atoms with Crippen LogP contribution in [0.2, 0.25) is 0 Å². The van der Waals surface area contributed by atoms with E-state index < -0.39 is 29.7 Å². The summed E-state index contributed by atoms with van der Waals surface area (Å²) in [5.74, 6) is -4.49. The van der Waals surface area contributed by atoms with E-state index in [2.05, 4.69) is 6.58 Å². The molecule has 0 atom stereocenters. The molecule has 1 aromatic carbocycles. The molecule has 4 heteroatoms. The van der Waals surface area contributed by atoms with Gasteiger partial charge in [-0.25, -0.2) is 17.6 Å². The third-order valence-electron chi connectivity index (χ3n) is 1.65. The lowest BCUT2D eigenvalue weighted by Crippen LogP contribution is -1.99. The molecule has 0 heterocycles. The second-order valence-electron chi connectivity index (χ2n) is 2.39. The molecule has 0 aliphatic rings. The van der Waals surface area contributed by atoms with E-state index in [9.17, 15) is 17.6 Å². The van der Waals surface area contributed by atoms with Gasteiger partial charge in [-0.1, -0.05) is 12.7 Å². The Labute approximate surface area is 72.5 Å². The Morgan fingerprint density at radius 1 is 1.23 bits per heavy atom. The van der Waals surface area contributed by atoms with Crippen LogP contribution in [0.3, 0.4) is 0 Å². The lowest BCUT2D eigenvalue weighted by atomic mass is 10.1. The van der Waals surface area contributed by atoms with E-state index in [0.29, 0.717) is 6.07 Å². The molecule has 0 aliphatic heterocycles. The Morgan fingerprint density at radius 3 is 2.31 bits per heavy atom. The SMILES string of the molecule is C=Cc1cc(F)c(F)c(F)c1CF. The van der Waals surface area contributed by atoms with Crippen molar-refractivity contribution in [3.63, 3.8) is 0 Å².